The minimum absolute atomic E-state index is 0.294. The largest absolute Gasteiger partial charge is 0.478 e. The molecule has 0 unspecified atom stereocenters. The van der Waals surface area contributed by atoms with Crippen molar-refractivity contribution in [3.63, 3.8) is 0 Å². The lowest BCUT2D eigenvalue weighted by Gasteiger charge is -2.11. The van der Waals surface area contributed by atoms with Gasteiger partial charge in [0, 0.05) is 25.6 Å². The van der Waals surface area contributed by atoms with Crippen LogP contribution in [0.4, 0.5) is 0 Å². The minimum atomic E-state index is -0.913. The molecule has 33 heavy (non-hydrogen) atoms. The standard InChI is InChI=1S/C27H26N4O2/c1-4-7-24-29-25-17(2)14-20(26-28-21-8-5-6-9-22(21)30(26)3)15-23(25)31(24)16-18-10-12-19(13-11-18)27(32)33/h5-6,8-15H,4,7,16H2,1-3H3,(H,32,33). The van der Waals surface area contributed by atoms with Crippen LogP contribution in [0.3, 0.4) is 0 Å². The van der Waals surface area contributed by atoms with E-state index in [1.165, 1.54) is 0 Å². The number of carboxylic acid groups (broad SMARTS) is 1. The number of imidazole rings is 2. The second kappa shape index (κ2) is 8.20. The summed E-state index contributed by atoms with van der Waals surface area (Å²) < 4.78 is 4.39. The van der Waals surface area contributed by atoms with Crippen molar-refractivity contribution in [1.82, 2.24) is 19.1 Å². The van der Waals surface area contributed by atoms with Gasteiger partial charge in [-0.25, -0.2) is 14.8 Å². The highest BCUT2D eigenvalue weighted by molar-refractivity contribution is 5.88. The summed E-state index contributed by atoms with van der Waals surface area (Å²) in [5.41, 5.74) is 7.67. The second-order valence-corrected chi connectivity index (χ2v) is 8.51. The van der Waals surface area contributed by atoms with E-state index in [4.69, 9.17) is 9.97 Å². The molecule has 0 spiro atoms. The van der Waals surface area contributed by atoms with Crippen LogP contribution in [-0.4, -0.2) is 30.2 Å². The zero-order chi connectivity index (χ0) is 23.1. The summed E-state index contributed by atoms with van der Waals surface area (Å²) in [7, 11) is 2.05. The number of rotatable bonds is 6. The first-order valence-electron chi connectivity index (χ1n) is 11.2. The highest BCUT2D eigenvalue weighted by Gasteiger charge is 2.17. The molecular formula is C27H26N4O2. The summed E-state index contributed by atoms with van der Waals surface area (Å²) in [6.07, 6.45) is 1.88. The number of hydrogen-bond donors (Lipinski definition) is 1. The van der Waals surface area contributed by atoms with Gasteiger partial charge in [0.2, 0.25) is 0 Å². The van der Waals surface area contributed by atoms with E-state index in [0.717, 1.165) is 63.2 Å². The summed E-state index contributed by atoms with van der Waals surface area (Å²) in [4.78, 5) is 21.1. The van der Waals surface area contributed by atoms with Gasteiger partial charge in [0.15, 0.2) is 0 Å². The van der Waals surface area contributed by atoms with E-state index in [1.54, 1.807) is 12.1 Å². The number of para-hydroxylation sites is 2. The van der Waals surface area contributed by atoms with Crippen LogP contribution in [0.15, 0.2) is 60.7 Å². The molecule has 0 atom stereocenters. The molecule has 6 nitrogen and oxygen atoms in total. The Labute approximate surface area is 192 Å². The van der Waals surface area contributed by atoms with E-state index in [1.807, 2.05) is 37.4 Å². The highest BCUT2D eigenvalue weighted by atomic mass is 16.4. The fourth-order valence-electron chi connectivity index (χ4n) is 4.50. The van der Waals surface area contributed by atoms with Gasteiger partial charge < -0.3 is 14.2 Å². The van der Waals surface area contributed by atoms with Gasteiger partial charge in [-0.3, -0.25) is 0 Å². The van der Waals surface area contributed by atoms with Gasteiger partial charge in [-0.2, -0.15) is 0 Å². The molecule has 0 saturated heterocycles. The topological polar surface area (TPSA) is 72.9 Å². The van der Waals surface area contributed by atoms with Crippen LogP contribution >= 0.6 is 0 Å². The summed E-state index contributed by atoms with van der Waals surface area (Å²) in [6.45, 7) is 4.89. The predicted octanol–water partition coefficient (Wildman–Crippen LogP) is 5.60. The molecule has 0 fully saturated rings. The monoisotopic (exact) mass is 438 g/mol. The maximum atomic E-state index is 11.2. The second-order valence-electron chi connectivity index (χ2n) is 8.51. The van der Waals surface area contributed by atoms with Crippen LogP contribution in [0, 0.1) is 6.92 Å². The first-order valence-corrected chi connectivity index (χ1v) is 11.2. The number of aromatic nitrogens is 4. The van der Waals surface area contributed by atoms with Crippen molar-refractivity contribution in [2.45, 2.75) is 33.2 Å². The molecule has 3 aromatic carbocycles. The lowest BCUT2D eigenvalue weighted by molar-refractivity contribution is 0.0697. The van der Waals surface area contributed by atoms with Crippen LogP contribution < -0.4 is 0 Å². The molecule has 2 heterocycles. The number of aryl methyl sites for hydroxylation is 3. The smallest absolute Gasteiger partial charge is 0.335 e. The van der Waals surface area contributed by atoms with E-state index in [0.29, 0.717) is 12.1 Å². The number of aromatic carboxylic acids is 1. The molecule has 166 valence electrons. The molecule has 0 saturated carbocycles. The van der Waals surface area contributed by atoms with E-state index in [2.05, 4.69) is 41.2 Å². The van der Waals surface area contributed by atoms with Gasteiger partial charge in [-0.1, -0.05) is 31.2 Å². The van der Waals surface area contributed by atoms with Crippen LogP contribution in [0.5, 0.6) is 0 Å². The molecular weight excluding hydrogens is 412 g/mol. The quantitative estimate of drug-likeness (QED) is 0.375. The number of carbonyl (C=O) groups is 1. The number of carboxylic acids is 1. The van der Waals surface area contributed by atoms with Gasteiger partial charge >= 0.3 is 5.97 Å². The predicted molar refractivity (Wildman–Crippen MR) is 131 cm³/mol. The van der Waals surface area contributed by atoms with Crippen molar-refractivity contribution < 1.29 is 9.90 Å². The lowest BCUT2D eigenvalue weighted by Crippen LogP contribution is -2.06. The first kappa shape index (κ1) is 20.9. The number of hydrogen-bond acceptors (Lipinski definition) is 3. The molecule has 0 aliphatic rings. The normalized spacial score (nSPS) is 11.5. The van der Waals surface area contributed by atoms with Gasteiger partial charge in [-0.05, 0) is 60.9 Å². The molecule has 0 radical (unpaired) electrons. The van der Waals surface area contributed by atoms with Crippen LogP contribution in [0.2, 0.25) is 0 Å². The molecule has 5 rings (SSSR count). The molecule has 1 N–H and O–H groups in total. The Hall–Kier alpha value is -3.93. The van der Waals surface area contributed by atoms with Gasteiger partial charge in [-0.15, -0.1) is 0 Å². The van der Waals surface area contributed by atoms with Crippen molar-refractivity contribution in [1.29, 1.82) is 0 Å². The fourth-order valence-corrected chi connectivity index (χ4v) is 4.50. The average Bonchev–Trinajstić information content (AvgIpc) is 3.33. The Morgan fingerprint density at radius 2 is 1.76 bits per heavy atom. The lowest BCUT2D eigenvalue weighted by atomic mass is 10.1. The third kappa shape index (κ3) is 3.67. The van der Waals surface area contributed by atoms with Crippen molar-refractivity contribution in [3.8, 4) is 11.4 Å². The molecule has 2 aromatic heterocycles. The highest BCUT2D eigenvalue weighted by Crippen LogP contribution is 2.30. The molecule has 6 heteroatoms. The molecule has 0 aliphatic carbocycles. The Morgan fingerprint density at radius 1 is 1.00 bits per heavy atom. The van der Waals surface area contributed by atoms with E-state index >= 15 is 0 Å². The Kier molecular flexibility index (Phi) is 5.21. The van der Waals surface area contributed by atoms with Crippen LogP contribution in [0.25, 0.3) is 33.5 Å². The number of nitrogens with zero attached hydrogens (tertiary/aromatic N) is 4. The molecule has 0 aliphatic heterocycles. The van der Waals surface area contributed by atoms with Gasteiger partial charge in [0.1, 0.15) is 11.6 Å². The Bertz CT molecular complexity index is 1490. The SMILES string of the molecule is CCCc1nc2c(C)cc(-c3nc4ccccc4n3C)cc2n1Cc1ccc(C(=O)O)cc1. The molecule has 0 amide bonds. The molecule has 5 aromatic rings. The number of fused-ring (bicyclic) bond motifs is 2. The first-order chi connectivity index (χ1) is 16.0. The Balaban J connectivity index is 1.65. The van der Waals surface area contributed by atoms with Crippen LogP contribution in [-0.2, 0) is 20.0 Å². The summed E-state index contributed by atoms with van der Waals surface area (Å²) in [5.74, 6) is 1.06. The third-order valence-electron chi connectivity index (χ3n) is 6.18. The third-order valence-corrected chi connectivity index (χ3v) is 6.18. The zero-order valence-electron chi connectivity index (χ0n) is 19.0. The molecule has 0 bridgehead atoms. The Morgan fingerprint density at radius 3 is 2.45 bits per heavy atom. The fraction of sp³-hybridized carbons (Fsp3) is 0.222. The van der Waals surface area contributed by atoms with E-state index in [-0.39, 0.29) is 0 Å². The van der Waals surface area contributed by atoms with Crippen molar-refractivity contribution >= 4 is 28.0 Å². The summed E-state index contributed by atoms with van der Waals surface area (Å²) >= 11 is 0. The van der Waals surface area contributed by atoms with E-state index < -0.39 is 5.97 Å². The van der Waals surface area contributed by atoms with Gasteiger partial charge in [0.05, 0.1) is 27.6 Å². The van der Waals surface area contributed by atoms with Crippen molar-refractivity contribution in [3.05, 3.63) is 83.2 Å². The zero-order valence-corrected chi connectivity index (χ0v) is 19.0. The minimum Gasteiger partial charge on any atom is -0.478 e. The average molecular weight is 439 g/mol. The number of benzene rings is 3. The van der Waals surface area contributed by atoms with Crippen molar-refractivity contribution in [2.75, 3.05) is 0 Å². The summed E-state index contributed by atoms with van der Waals surface area (Å²) in [5, 5.41) is 9.21. The maximum absolute atomic E-state index is 11.2. The van der Waals surface area contributed by atoms with E-state index in [9.17, 15) is 9.90 Å². The van der Waals surface area contributed by atoms with Crippen LogP contribution in [0.1, 0.15) is 40.7 Å². The van der Waals surface area contributed by atoms with Gasteiger partial charge in [0.25, 0.3) is 0 Å². The van der Waals surface area contributed by atoms with Crippen molar-refractivity contribution in [2.24, 2.45) is 7.05 Å². The maximum Gasteiger partial charge on any atom is 0.335 e. The summed E-state index contributed by atoms with van der Waals surface area (Å²) in [6, 6.07) is 19.6.